The first kappa shape index (κ1) is 23.8. The Balaban J connectivity index is 1.65. The number of nitrogens with two attached hydrogens (primary N) is 1. The van der Waals surface area contributed by atoms with Crippen molar-refractivity contribution in [1.29, 1.82) is 5.41 Å². The predicted octanol–water partition coefficient (Wildman–Crippen LogP) is 2.41. The first-order chi connectivity index (χ1) is 15.3. The first-order valence-electron chi connectivity index (χ1n) is 11.5. The molecule has 0 spiro atoms. The molecule has 1 amide bonds. The highest BCUT2D eigenvalue weighted by atomic mass is 16.5. The molecule has 1 aromatic heterocycles. The van der Waals surface area contributed by atoms with Crippen LogP contribution >= 0.6 is 0 Å². The molecule has 4 N–H and O–H groups in total. The van der Waals surface area contributed by atoms with Crippen LogP contribution in [-0.2, 0) is 27.3 Å². The third kappa shape index (κ3) is 5.30. The second kappa shape index (κ2) is 10.6. The predicted molar refractivity (Wildman–Crippen MR) is 126 cm³/mol. The molecule has 2 heterocycles. The molecule has 2 aromatic rings. The number of esters is 1. The quantitative estimate of drug-likeness (QED) is 0.298. The normalized spacial score (nSPS) is 17.0. The molecule has 8 heteroatoms. The molecular formula is C24H35N5O3. The molecule has 1 aliphatic rings. The van der Waals surface area contributed by atoms with Crippen LogP contribution < -0.4 is 11.1 Å². The molecule has 1 fully saturated rings. The number of hydrogen-bond acceptors (Lipinski definition) is 5. The zero-order valence-corrected chi connectivity index (χ0v) is 19.3. The van der Waals surface area contributed by atoms with Gasteiger partial charge in [0.15, 0.2) is 0 Å². The summed E-state index contributed by atoms with van der Waals surface area (Å²) in [4.78, 5) is 26.5. The zero-order chi connectivity index (χ0) is 23.3. The Morgan fingerprint density at radius 1 is 1.31 bits per heavy atom. The summed E-state index contributed by atoms with van der Waals surface area (Å²) in [5.41, 5.74) is 8.72. The van der Waals surface area contributed by atoms with Gasteiger partial charge in [0.05, 0.1) is 19.2 Å². The summed E-state index contributed by atoms with van der Waals surface area (Å²) in [5.74, 6) is -0.229. The number of amidine groups is 1. The van der Waals surface area contributed by atoms with Crippen LogP contribution in [0.15, 0.2) is 24.3 Å². The minimum atomic E-state index is -0.424. The van der Waals surface area contributed by atoms with Crippen molar-refractivity contribution in [3.05, 3.63) is 35.5 Å². The number of amides is 1. The van der Waals surface area contributed by atoms with Gasteiger partial charge in [0.1, 0.15) is 5.84 Å². The molecule has 32 heavy (non-hydrogen) atoms. The molecule has 2 unspecified atom stereocenters. The highest BCUT2D eigenvalue weighted by Crippen LogP contribution is 2.26. The van der Waals surface area contributed by atoms with E-state index >= 15 is 0 Å². The Morgan fingerprint density at radius 2 is 2.09 bits per heavy atom. The highest BCUT2D eigenvalue weighted by Gasteiger charge is 2.31. The molecule has 0 aliphatic carbocycles. The van der Waals surface area contributed by atoms with E-state index in [2.05, 4.69) is 22.9 Å². The van der Waals surface area contributed by atoms with Crippen molar-refractivity contribution in [2.45, 2.75) is 65.1 Å². The number of likely N-dealkylation sites (tertiary alicyclic amines) is 1. The van der Waals surface area contributed by atoms with E-state index in [1.54, 1.807) is 13.8 Å². The lowest BCUT2D eigenvalue weighted by molar-refractivity contribution is -0.142. The summed E-state index contributed by atoms with van der Waals surface area (Å²) in [7, 11) is 0. The second-order valence-corrected chi connectivity index (χ2v) is 8.34. The van der Waals surface area contributed by atoms with E-state index in [4.69, 9.17) is 15.9 Å². The summed E-state index contributed by atoms with van der Waals surface area (Å²) in [6.45, 7) is 7.65. The number of aromatic nitrogens is 1. The second-order valence-electron chi connectivity index (χ2n) is 8.34. The summed E-state index contributed by atoms with van der Waals surface area (Å²) < 4.78 is 7.20. The number of carbonyl (C=O) groups excluding carboxylic acids is 2. The van der Waals surface area contributed by atoms with Crippen molar-refractivity contribution in [2.75, 3.05) is 19.7 Å². The summed E-state index contributed by atoms with van der Waals surface area (Å²) >= 11 is 0. The Hall–Kier alpha value is -2.87. The van der Waals surface area contributed by atoms with E-state index < -0.39 is 6.04 Å². The summed E-state index contributed by atoms with van der Waals surface area (Å²) in [5, 5.41) is 11.8. The fraction of sp³-hybridized carbons (Fsp3) is 0.542. The lowest BCUT2D eigenvalue weighted by Gasteiger charge is -2.28. The van der Waals surface area contributed by atoms with Crippen LogP contribution in [0.3, 0.4) is 0 Å². The van der Waals surface area contributed by atoms with Crippen LogP contribution in [0.5, 0.6) is 0 Å². The number of ether oxygens (including phenoxy) is 1. The molecule has 8 nitrogen and oxygen atoms in total. The zero-order valence-electron chi connectivity index (χ0n) is 19.3. The lowest BCUT2D eigenvalue weighted by atomic mass is 10.1. The van der Waals surface area contributed by atoms with Gasteiger partial charge in [0.25, 0.3) is 0 Å². The maximum atomic E-state index is 13.0. The number of nitrogens with one attached hydrogen (secondary N) is 2. The van der Waals surface area contributed by atoms with Gasteiger partial charge in [-0.1, -0.05) is 12.1 Å². The number of nitrogen functional groups attached to an aromatic ring is 1. The fourth-order valence-electron chi connectivity index (χ4n) is 4.58. The third-order valence-corrected chi connectivity index (χ3v) is 6.24. The van der Waals surface area contributed by atoms with Gasteiger partial charge in [-0.2, -0.15) is 0 Å². The fourth-order valence-corrected chi connectivity index (χ4v) is 4.58. The highest BCUT2D eigenvalue weighted by molar-refractivity contribution is 5.98. The van der Waals surface area contributed by atoms with Gasteiger partial charge in [-0.15, -0.1) is 0 Å². The Bertz CT molecular complexity index is 983. The van der Waals surface area contributed by atoms with E-state index in [1.807, 2.05) is 23.1 Å². The van der Waals surface area contributed by atoms with Crippen LogP contribution in [0, 0.1) is 5.41 Å². The van der Waals surface area contributed by atoms with Gasteiger partial charge in [-0.3, -0.25) is 20.3 Å². The van der Waals surface area contributed by atoms with Crippen molar-refractivity contribution in [3.8, 4) is 0 Å². The monoisotopic (exact) mass is 441 g/mol. The van der Waals surface area contributed by atoms with Crippen LogP contribution in [0.2, 0.25) is 0 Å². The average Bonchev–Trinajstić information content (AvgIpc) is 3.38. The SMILES string of the molecule is CCOC(=O)CNC(C)C(=O)N1CCCC1CCc1cc2ccc(C(=N)N)cc2n1CC. The van der Waals surface area contributed by atoms with Gasteiger partial charge in [0.2, 0.25) is 5.91 Å². The largest absolute Gasteiger partial charge is 0.465 e. The van der Waals surface area contributed by atoms with Gasteiger partial charge >= 0.3 is 5.97 Å². The molecular weight excluding hydrogens is 406 g/mol. The van der Waals surface area contributed by atoms with Gasteiger partial charge in [-0.05, 0) is 64.0 Å². The molecule has 0 saturated carbocycles. The van der Waals surface area contributed by atoms with Gasteiger partial charge in [0, 0.05) is 35.9 Å². The van der Waals surface area contributed by atoms with Crippen molar-refractivity contribution in [1.82, 2.24) is 14.8 Å². The number of benzene rings is 1. The van der Waals surface area contributed by atoms with Crippen LogP contribution in [0.4, 0.5) is 0 Å². The van der Waals surface area contributed by atoms with Crippen LogP contribution in [0.1, 0.15) is 51.3 Å². The number of aryl methyl sites for hydroxylation is 2. The molecule has 174 valence electrons. The van der Waals surface area contributed by atoms with E-state index in [1.165, 1.54) is 5.69 Å². The molecule has 1 aromatic carbocycles. The maximum Gasteiger partial charge on any atom is 0.319 e. The number of hydrogen-bond donors (Lipinski definition) is 3. The van der Waals surface area contributed by atoms with Crippen LogP contribution in [-0.4, -0.2) is 59.0 Å². The van der Waals surface area contributed by atoms with E-state index in [0.29, 0.717) is 6.61 Å². The van der Waals surface area contributed by atoms with Crippen molar-refractivity contribution >= 4 is 28.6 Å². The summed E-state index contributed by atoms with van der Waals surface area (Å²) in [6, 6.07) is 7.86. The standard InChI is InChI=1S/C24H35N5O3/c1-4-28-20(13-17-8-9-18(23(25)26)14-21(17)28)11-10-19-7-6-12-29(19)24(31)16(3)27-15-22(30)32-5-2/h8-9,13-14,16,19,27H,4-7,10-12,15H2,1-3H3,(H3,25,26). The third-order valence-electron chi connectivity index (χ3n) is 6.24. The molecule has 2 atom stereocenters. The van der Waals surface area contributed by atoms with Crippen LogP contribution in [0.25, 0.3) is 10.9 Å². The lowest BCUT2D eigenvalue weighted by Crippen LogP contribution is -2.48. The minimum Gasteiger partial charge on any atom is -0.465 e. The molecule has 0 bridgehead atoms. The van der Waals surface area contributed by atoms with E-state index in [9.17, 15) is 9.59 Å². The van der Waals surface area contributed by atoms with E-state index in [0.717, 1.165) is 55.2 Å². The number of carbonyl (C=O) groups is 2. The number of fused-ring (bicyclic) bond motifs is 1. The topological polar surface area (TPSA) is 113 Å². The Labute approximate surface area is 189 Å². The average molecular weight is 442 g/mol. The Morgan fingerprint density at radius 3 is 2.78 bits per heavy atom. The Kier molecular flexibility index (Phi) is 7.90. The summed E-state index contributed by atoms with van der Waals surface area (Å²) in [6.07, 6.45) is 3.76. The molecule has 3 rings (SSSR count). The smallest absolute Gasteiger partial charge is 0.319 e. The molecule has 1 aliphatic heterocycles. The maximum absolute atomic E-state index is 13.0. The number of rotatable bonds is 10. The van der Waals surface area contributed by atoms with Gasteiger partial charge in [-0.25, -0.2) is 0 Å². The first-order valence-corrected chi connectivity index (χ1v) is 11.5. The van der Waals surface area contributed by atoms with Crippen molar-refractivity contribution in [2.24, 2.45) is 5.73 Å². The molecule has 0 radical (unpaired) electrons. The molecule has 1 saturated heterocycles. The van der Waals surface area contributed by atoms with E-state index in [-0.39, 0.29) is 30.3 Å². The number of nitrogens with zero attached hydrogens (tertiary/aromatic N) is 2. The van der Waals surface area contributed by atoms with Crippen molar-refractivity contribution in [3.63, 3.8) is 0 Å². The van der Waals surface area contributed by atoms with Gasteiger partial charge < -0.3 is 19.9 Å². The van der Waals surface area contributed by atoms with Crippen molar-refractivity contribution < 1.29 is 14.3 Å². The minimum absolute atomic E-state index is 0.0398.